The zero-order valence-electron chi connectivity index (χ0n) is 9.76. The van der Waals surface area contributed by atoms with Gasteiger partial charge in [-0.1, -0.05) is 42.1 Å². The summed E-state index contributed by atoms with van der Waals surface area (Å²) in [5.74, 6) is 0. The predicted octanol–water partition coefficient (Wildman–Crippen LogP) is 2.62. The third-order valence-electron chi connectivity index (χ3n) is 3.47. The highest BCUT2D eigenvalue weighted by Gasteiger charge is 2.14. The molecule has 2 aromatic rings. The molecule has 0 spiro atoms. The van der Waals surface area contributed by atoms with E-state index >= 15 is 0 Å². The Morgan fingerprint density at radius 1 is 1.06 bits per heavy atom. The summed E-state index contributed by atoms with van der Waals surface area (Å²) in [5.41, 5.74) is 4.18. The maximum absolute atomic E-state index is 4.44. The lowest BCUT2D eigenvalue weighted by molar-refractivity contribution is 1.04. The van der Waals surface area contributed by atoms with Crippen LogP contribution in [0.4, 0.5) is 0 Å². The number of hydrogen-bond acceptors (Lipinski definition) is 2. The van der Waals surface area contributed by atoms with Crippen LogP contribution in [0.15, 0.2) is 57.9 Å². The third kappa shape index (κ3) is 1.46. The molecule has 2 aromatic carbocycles. The highest BCUT2D eigenvalue weighted by atomic mass is 32.2. The van der Waals surface area contributed by atoms with Crippen molar-refractivity contribution in [3.05, 3.63) is 75.3 Å². The fourth-order valence-corrected chi connectivity index (χ4v) is 3.42. The van der Waals surface area contributed by atoms with Gasteiger partial charge in [-0.05, 0) is 45.9 Å². The van der Waals surface area contributed by atoms with Gasteiger partial charge in [0, 0.05) is 11.1 Å². The van der Waals surface area contributed by atoms with Gasteiger partial charge in [0.2, 0.25) is 0 Å². The van der Waals surface area contributed by atoms with Gasteiger partial charge in [-0.25, -0.2) is 0 Å². The molecule has 0 atom stereocenters. The van der Waals surface area contributed by atoms with Crippen LogP contribution in [-0.4, -0.2) is 0 Å². The summed E-state index contributed by atoms with van der Waals surface area (Å²) < 4.78 is 0. The molecule has 0 amide bonds. The summed E-state index contributed by atoms with van der Waals surface area (Å²) in [7, 11) is 0. The Morgan fingerprint density at radius 2 is 2.00 bits per heavy atom. The van der Waals surface area contributed by atoms with Gasteiger partial charge >= 0.3 is 0 Å². The van der Waals surface area contributed by atoms with Gasteiger partial charge in [0.15, 0.2) is 0 Å². The molecule has 18 heavy (non-hydrogen) atoms. The maximum Gasteiger partial charge on any atom is 0.0772 e. The summed E-state index contributed by atoms with van der Waals surface area (Å²) in [5, 5.41) is 4.50. The first kappa shape index (κ1) is 10.2. The van der Waals surface area contributed by atoms with Crippen molar-refractivity contribution in [1.29, 1.82) is 0 Å². The van der Waals surface area contributed by atoms with Gasteiger partial charge < -0.3 is 0 Å². The highest BCUT2D eigenvalue weighted by molar-refractivity contribution is 8.02. The minimum atomic E-state index is 1.02. The van der Waals surface area contributed by atoms with Crippen LogP contribution in [0.3, 0.4) is 0 Å². The molecule has 1 heterocycles. The van der Waals surface area contributed by atoms with Crippen LogP contribution in [0, 0.1) is 0 Å². The molecule has 2 heteroatoms. The average Bonchev–Trinajstić information content (AvgIpc) is 2.45. The van der Waals surface area contributed by atoms with E-state index in [1.807, 2.05) is 6.20 Å². The lowest BCUT2D eigenvalue weighted by atomic mass is 9.92. The van der Waals surface area contributed by atoms with Crippen LogP contribution in [-0.2, 0) is 6.42 Å². The molecule has 0 fully saturated rings. The van der Waals surface area contributed by atoms with Crippen LogP contribution in [0.2, 0.25) is 0 Å². The number of thioether (sulfide) groups is 1. The standard InChI is InChI=1S/C16H11NS/c1-2-4-12-10-14-13(9-11(12)3-1)5-6-15-16(14)18-8-7-17-15/h1-9H,10H2. The lowest BCUT2D eigenvalue weighted by Crippen LogP contribution is -2.22. The Labute approximate surface area is 110 Å². The fourth-order valence-electron chi connectivity index (χ4n) is 2.58. The number of hydrogen-bond donors (Lipinski definition) is 0. The lowest BCUT2D eigenvalue weighted by Gasteiger charge is -2.17. The number of fused-ring (bicyclic) bond motifs is 4. The zero-order chi connectivity index (χ0) is 11.9. The van der Waals surface area contributed by atoms with Gasteiger partial charge in [0.25, 0.3) is 0 Å². The van der Waals surface area contributed by atoms with E-state index in [2.05, 4.69) is 52.9 Å². The Hall–Kier alpha value is -1.80. The first-order valence-electron chi connectivity index (χ1n) is 6.03. The Morgan fingerprint density at radius 3 is 3.00 bits per heavy atom. The summed E-state index contributed by atoms with van der Waals surface area (Å²) in [6.07, 6.45) is 5.18. The minimum absolute atomic E-state index is 1.02. The van der Waals surface area contributed by atoms with Gasteiger partial charge in [-0.3, -0.25) is 4.99 Å². The molecular formula is C16H11NS. The van der Waals surface area contributed by atoms with Crippen molar-refractivity contribution < 1.29 is 0 Å². The Kier molecular flexibility index (Phi) is 2.17. The third-order valence-corrected chi connectivity index (χ3v) is 4.42. The first-order valence-corrected chi connectivity index (χ1v) is 6.91. The summed E-state index contributed by atoms with van der Waals surface area (Å²) in [6.45, 7) is 0. The zero-order valence-corrected chi connectivity index (χ0v) is 10.6. The molecule has 1 aliphatic carbocycles. The van der Waals surface area contributed by atoms with Crippen molar-refractivity contribution in [3.8, 4) is 0 Å². The molecule has 0 unspecified atom stereocenters. The monoisotopic (exact) mass is 249 g/mol. The van der Waals surface area contributed by atoms with Crippen LogP contribution in [0.1, 0.15) is 16.7 Å². The molecule has 0 N–H and O–H groups in total. The van der Waals surface area contributed by atoms with Crippen LogP contribution in [0.25, 0.3) is 6.08 Å². The van der Waals surface area contributed by atoms with Crippen molar-refractivity contribution in [2.24, 2.45) is 4.99 Å². The van der Waals surface area contributed by atoms with Crippen molar-refractivity contribution in [2.45, 2.75) is 11.3 Å². The molecule has 4 rings (SSSR count). The van der Waals surface area contributed by atoms with Crippen molar-refractivity contribution in [2.75, 3.05) is 0 Å². The largest absolute Gasteiger partial charge is 0.255 e. The van der Waals surface area contributed by atoms with Gasteiger partial charge in [0.05, 0.1) is 5.36 Å². The van der Waals surface area contributed by atoms with E-state index in [0.29, 0.717) is 0 Å². The minimum Gasteiger partial charge on any atom is -0.255 e. The SMILES string of the molecule is C1=CSc2c3c(ccc2=N1)=Cc1ccccc1C3. The molecule has 1 aliphatic heterocycles. The fraction of sp³-hybridized carbons (Fsp3) is 0.0625. The van der Waals surface area contributed by atoms with E-state index < -0.39 is 0 Å². The smallest absolute Gasteiger partial charge is 0.0772 e. The second kappa shape index (κ2) is 3.85. The van der Waals surface area contributed by atoms with Crippen molar-refractivity contribution in [1.82, 2.24) is 0 Å². The molecule has 1 nitrogen and oxygen atoms in total. The van der Waals surface area contributed by atoms with E-state index in [4.69, 9.17) is 0 Å². The van der Waals surface area contributed by atoms with Crippen molar-refractivity contribution in [3.63, 3.8) is 0 Å². The summed E-state index contributed by atoms with van der Waals surface area (Å²) in [6, 6.07) is 12.9. The maximum atomic E-state index is 4.44. The second-order valence-corrected chi connectivity index (χ2v) is 5.45. The van der Waals surface area contributed by atoms with Crippen LogP contribution in [0.5, 0.6) is 0 Å². The molecular weight excluding hydrogens is 238 g/mol. The topological polar surface area (TPSA) is 12.4 Å². The number of nitrogens with zero attached hydrogens (tertiary/aromatic N) is 1. The van der Waals surface area contributed by atoms with Gasteiger partial charge in [0.1, 0.15) is 0 Å². The first-order chi connectivity index (χ1) is 8.92. The van der Waals surface area contributed by atoms with Gasteiger partial charge in [-0.2, -0.15) is 0 Å². The van der Waals surface area contributed by atoms with E-state index in [-0.39, 0.29) is 0 Å². The normalized spacial score (nSPS) is 14.9. The second-order valence-electron chi connectivity index (χ2n) is 4.53. The molecule has 0 saturated carbocycles. The Bertz CT molecular complexity index is 787. The van der Waals surface area contributed by atoms with E-state index in [0.717, 1.165) is 11.8 Å². The van der Waals surface area contributed by atoms with E-state index in [1.54, 1.807) is 11.8 Å². The van der Waals surface area contributed by atoms with Crippen LogP contribution < -0.4 is 10.6 Å². The average molecular weight is 249 g/mol. The van der Waals surface area contributed by atoms with Gasteiger partial charge in [-0.15, -0.1) is 0 Å². The highest BCUT2D eigenvalue weighted by Crippen LogP contribution is 2.25. The van der Waals surface area contributed by atoms with Crippen molar-refractivity contribution >= 4 is 17.8 Å². The molecule has 0 bridgehead atoms. The van der Waals surface area contributed by atoms with E-state index in [1.165, 1.54) is 26.8 Å². The molecule has 0 saturated heterocycles. The summed E-state index contributed by atoms with van der Waals surface area (Å²) in [4.78, 5) is 5.76. The number of rotatable bonds is 0. The molecule has 86 valence electrons. The molecule has 0 radical (unpaired) electrons. The molecule has 2 aliphatic rings. The summed E-state index contributed by atoms with van der Waals surface area (Å²) >= 11 is 1.78. The van der Waals surface area contributed by atoms with E-state index in [9.17, 15) is 0 Å². The Balaban J connectivity index is 2.05. The predicted molar refractivity (Wildman–Crippen MR) is 75.0 cm³/mol. The van der Waals surface area contributed by atoms with Crippen LogP contribution >= 0.6 is 11.8 Å². The molecule has 0 aromatic heterocycles. The quantitative estimate of drug-likeness (QED) is 0.596. The number of benzene rings is 2.